The summed E-state index contributed by atoms with van der Waals surface area (Å²) in [5.41, 5.74) is 2.07. The monoisotopic (exact) mass is 330 g/mol. The first-order valence-corrected chi connectivity index (χ1v) is 10.2. The lowest BCUT2D eigenvalue weighted by Gasteiger charge is -2.59. The van der Waals surface area contributed by atoms with Crippen LogP contribution in [0.1, 0.15) is 72.6 Å². The smallest absolute Gasteiger partial charge is 0.133 e. The van der Waals surface area contributed by atoms with Gasteiger partial charge in [-0.3, -0.25) is 4.79 Å². The third-order valence-corrected chi connectivity index (χ3v) is 8.90. The summed E-state index contributed by atoms with van der Waals surface area (Å²) < 4.78 is 0. The van der Waals surface area contributed by atoms with Crippen molar-refractivity contribution in [1.82, 2.24) is 0 Å². The number of rotatable bonds is 1. The summed E-state index contributed by atoms with van der Waals surface area (Å²) in [5, 5.41) is 10.2. The van der Waals surface area contributed by atoms with E-state index in [4.69, 9.17) is 0 Å². The molecule has 4 aliphatic carbocycles. The number of hydrogen-bond acceptors (Lipinski definition) is 2. The van der Waals surface area contributed by atoms with Crippen LogP contribution >= 0.6 is 0 Å². The highest BCUT2D eigenvalue weighted by Gasteiger charge is 2.60. The van der Waals surface area contributed by atoms with Crippen molar-refractivity contribution in [3.8, 4) is 0 Å². The summed E-state index contributed by atoms with van der Waals surface area (Å²) in [6.45, 7) is 9.12. The van der Waals surface area contributed by atoms with E-state index in [0.29, 0.717) is 29.0 Å². The molecule has 2 nitrogen and oxygen atoms in total. The van der Waals surface area contributed by atoms with E-state index in [1.54, 1.807) is 5.57 Å². The van der Waals surface area contributed by atoms with Gasteiger partial charge >= 0.3 is 0 Å². The van der Waals surface area contributed by atoms with Gasteiger partial charge in [0.1, 0.15) is 5.78 Å². The zero-order valence-electron chi connectivity index (χ0n) is 15.8. The Morgan fingerprint density at radius 1 is 1.12 bits per heavy atom. The summed E-state index contributed by atoms with van der Waals surface area (Å²) in [5.74, 6) is 3.51. The van der Waals surface area contributed by atoms with Crippen LogP contribution in [0.3, 0.4) is 0 Å². The highest BCUT2D eigenvalue weighted by molar-refractivity contribution is 5.79. The van der Waals surface area contributed by atoms with Crippen LogP contribution in [0.2, 0.25) is 0 Å². The summed E-state index contributed by atoms with van der Waals surface area (Å²) in [6.07, 6.45) is 10.2. The van der Waals surface area contributed by atoms with Gasteiger partial charge in [0.05, 0.1) is 6.10 Å². The number of aliphatic hydroxyl groups excluding tert-OH is 1. The van der Waals surface area contributed by atoms with Gasteiger partial charge in [-0.1, -0.05) is 32.4 Å². The van der Waals surface area contributed by atoms with Crippen molar-refractivity contribution in [2.45, 2.75) is 78.7 Å². The maximum atomic E-state index is 12.2. The van der Waals surface area contributed by atoms with E-state index in [0.717, 1.165) is 37.5 Å². The second kappa shape index (κ2) is 5.43. The van der Waals surface area contributed by atoms with Gasteiger partial charge in [-0.25, -0.2) is 0 Å². The van der Waals surface area contributed by atoms with Gasteiger partial charge in [0.15, 0.2) is 0 Å². The van der Waals surface area contributed by atoms with Crippen molar-refractivity contribution < 1.29 is 9.90 Å². The fourth-order valence-electron chi connectivity index (χ4n) is 7.67. The average Bonchev–Trinajstić information content (AvgIpc) is 2.86. The molecule has 3 fully saturated rings. The molecule has 0 aromatic carbocycles. The Bertz CT molecular complexity index is 579. The number of hydrogen-bond donors (Lipinski definition) is 1. The molecule has 0 bridgehead atoms. The first kappa shape index (κ1) is 16.8. The number of aliphatic hydroxyl groups is 1. The SMILES string of the molecule is CC(=O)[C@H]1CC[C@H]2[C@@H]3[C@@H](C)C=C4C[C@@H](O)CC[C@]4(C)[C@H]3CC[C@]12C. The molecule has 0 aromatic rings. The van der Waals surface area contributed by atoms with E-state index < -0.39 is 0 Å². The second-order valence-electron chi connectivity index (χ2n) is 9.94. The highest BCUT2D eigenvalue weighted by atomic mass is 16.3. The second-order valence-corrected chi connectivity index (χ2v) is 9.94. The molecule has 4 rings (SSSR count). The van der Waals surface area contributed by atoms with Crippen molar-refractivity contribution in [2.24, 2.45) is 40.4 Å². The van der Waals surface area contributed by atoms with Gasteiger partial charge in [-0.05, 0) is 86.4 Å². The van der Waals surface area contributed by atoms with Crippen molar-refractivity contribution in [1.29, 1.82) is 0 Å². The molecule has 4 aliphatic rings. The minimum Gasteiger partial charge on any atom is -0.393 e. The van der Waals surface area contributed by atoms with Crippen LogP contribution in [0, 0.1) is 40.4 Å². The molecule has 8 atom stereocenters. The van der Waals surface area contributed by atoms with Crippen molar-refractivity contribution in [2.75, 3.05) is 0 Å². The zero-order valence-corrected chi connectivity index (χ0v) is 15.8. The van der Waals surface area contributed by atoms with Gasteiger partial charge in [-0.15, -0.1) is 0 Å². The van der Waals surface area contributed by atoms with Gasteiger partial charge < -0.3 is 5.11 Å². The molecule has 0 spiro atoms. The Balaban J connectivity index is 1.71. The molecule has 0 radical (unpaired) electrons. The molecule has 0 saturated heterocycles. The fourth-order valence-corrected chi connectivity index (χ4v) is 7.67. The molecule has 0 aliphatic heterocycles. The van der Waals surface area contributed by atoms with Crippen LogP contribution in [0.5, 0.6) is 0 Å². The average molecular weight is 331 g/mol. The molecule has 134 valence electrons. The Morgan fingerprint density at radius 2 is 1.88 bits per heavy atom. The molecule has 0 heterocycles. The van der Waals surface area contributed by atoms with Crippen molar-refractivity contribution in [3.63, 3.8) is 0 Å². The predicted molar refractivity (Wildman–Crippen MR) is 96.4 cm³/mol. The van der Waals surface area contributed by atoms with Crippen LogP contribution < -0.4 is 0 Å². The van der Waals surface area contributed by atoms with E-state index in [1.807, 2.05) is 6.92 Å². The topological polar surface area (TPSA) is 37.3 Å². The predicted octanol–water partition coefficient (Wildman–Crippen LogP) is 4.76. The lowest BCUT2D eigenvalue weighted by Crippen LogP contribution is -2.53. The number of ketones is 1. The molecular formula is C22H34O2. The van der Waals surface area contributed by atoms with Crippen LogP contribution in [0.4, 0.5) is 0 Å². The molecule has 3 saturated carbocycles. The van der Waals surface area contributed by atoms with Crippen molar-refractivity contribution in [3.05, 3.63) is 11.6 Å². The standard InChI is InChI=1S/C22H34O2/c1-13-11-15-12-16(24)7-9-21(15,3)19-8-10-22(4)17(14(2)23)5-6-18(22)20(13)19/h11,13,16-20,24H,5-10,12H2,1-4H3/t13-,16-,17+,18-,19-,20-,21-,22+/m0/s1. The minimum absolute atomic E-state index is 0.129. The molecule has 0 aromatic heterocycles. The van der Waals surface area contributed by atoms with Gasteiger partial charge in [-0.2, -0.15) is 0 Å². The first-order valence-electron chi connectivity index (χ1n) is 10.2. The van der Waals surface area contributed by atoms with Crippen LogP contribution in [-0.4, -0.2) is 17.0 Å². The highest BCUT2D eigenvalue weighted by Crippen LogP contribution is 2.67. The Hall–Kier alpha value is -0.630. The third-order valence-electron chi connectivity index (χ3n) is 8.90. The number of fused-ring (bicyclic) bond motifs is 5. The summed E-state index contributed by atoms with van der Waals surface area (Å²) in [4.78, 5) is 12.2. The number of carbonyl (C=O) groups excluding carboxylic acids is 1. The largest absolute Gasteiger partial charge is 0.393 e. The Morgan fingerprint density at radius 3 is 2.58 bits per heavy atom. The summed E-state index contributed by atoms with van der Waals surface area (Å²) in [6, 6.07) is 0. The van der Waals surface area contributed by atoms with Gasteiger partial charge in [0, 0.05) is 5.92 Å². The third kappa shape index (κ3) is 2.14. The van der Waals surface area contributed by atoms with Crippen molar-refractivity contribution >= 4 is 5.78 Å². The quantitative estimate of drug-likeness (QED) is 0.704. The van der Waals surface area contributed by atoms with E-state index in [9.17, 15) is 9.90 Å². The molecule has 2 heteroatoms. The zero-order chi connectivity index (χ0) is 17.3. The molecule has 1 N–H and O–H groups in total. The van der Waals surface area contributed by atoms with Gasteiger partial charge in [0.25, 0.3) is 0 Å². The molecule has 24 heavy (non-hydrogen) atoms. The van der Waals surface area contributed by atoms with E-state index in [1.165, 1.54) is 19.3 Å². The fraction of sp³-hybridized carbons (Fsp3) is 0.864. The molecular weight excluding hydrogens is 296 g/mol. The first-order chi connectivity index (χ1) is 11.3. The summed E-state index contributed by atoms with van der Waals surface area (Å²) >= 11 is 0. The van der Waals surface area contributed by atoms with Crippen LogP contribution in [-0.2, 0) is 4.79 Å². The summed E-state index contributed by atoms with van der Waals surface area (Å²) in [7, 11) is 0. The molecule has 0 unspecified atom stereocenters. The normalized spacial score (nSPS) is 53.6. The Kier molecular flexibility index (Phi) is 3.81. The number of allylic oxidation sites excluding steroid dienone is 1. The minimum atomic E-state index is -0.129. The number of carbonyl (C=O) groups is 1. The molecule has 0 amide bonds. The van der Waals surface area contributed by atoms with Gasteiger partial charge in [0.2, 0.25) is 0 Å². The van der Waals surface area contributed by atoms with Crippen LogP contribution in [0.15, 0.2) is 11.6 Å². The maximum absolute atomic E-state index is 12.2. The number of Topliss-reactive ketones (excluding diaryl/α,β-unsaturated/α-hetero) is 1. The lowest BCUT2D eigenvalue weighted by molar-refractivity contribution is -0.128. The Labute approximate surface area is 147 Å². The lowest BCUT2D eigenvalue weighted by atomic mass is 9.45. The van der Waals surface area contributed by atoms with E-state index in [2.05, 4.69) is 26.8 Å². The van der Waals surface area contributed by atoms with Crippen LogP contribution in [0.25, 0.3) is 0 Å². The van der Waals surface area contributed by atoms with E-state index in [-0.39, 0.29) is 11.5 Å². The van der Waals surface area contributed by atoms with E-state index >= 15 is 0 Å². The maximum Gasteiger partial charge on any atom is 0.133 e.